The number of likely N-dealkylation sites (N-methyl/N-ethyl adjacent to an activating group) is 1. The Hall–Kier alpha value is 0.940. The average molecular weight is 317 g/mol. The van der Waals surface area contributed by atoms with Gasteiger partial charge in [-0.1, -0.05) is 58.3 Å². The third-order valence-electron chi connectivity index (χ3n) is 3.29. The molecule has 0 aromatic carbocycles. The number of carboxylic acid groups (broad SMARTS) is 1. The summed E-state index contributed by atoms with van der Waals surface area (Å²) in [6.07, 6.45) is 11.4. The van der Waals surface area contributed by atoms with Gasteiger partial charge >= 0.3 is 65.1 Å². The van der Waals surface area contributed by atoms with Gasteiger partial charge in [-0.15, -0.1) is 0 Å². The van der Waals surface area contributed by atoms with Gasteiger partial charge in [0.05, 0.1) is 0 Å². The van der Waals surface area contributed by atoms with Crippen LogP contribution in [0.25, 0.3) is 0 Å². The quantitative estimate of drug-likeness (QED) is 0.319. The van der Waals surface area contributed by atoms with Gasteiger partial charge in [-0.2, -0.15) is 0 Å². The molecule has 0 aliphatic heterocycles. The first-order valence-corrected chi connectivity index (χ1v) is 7.53. The van der Waals surface area contributed by atoms with E-state index in [4.69, 9.17) is 5.11 Å². The Morgan fingerprint density at radius 2 is 1.29 bits per heavy atom. The Labute approximate surface area is 174 Å². The number of amides is 1. The van der Waals surface area contributed by atoms with Gasteiger partial charge in [-0.05, 0) is 6.42 Å². The monoisotopic (exact) mass is 317 g/mol. The number of unbranched alkanes of at least 4 members (excludes halogenated alkanes) is 8. The molecule has 0 saturated heterocycles. The summed E-state index contributed by atoms with van der Waals surface area (Å²) >= 11 is 0. The van der Waals surface area contributed by atoms with E-state index in [1.54, 1.807) is 7.05 Å². The summed E-state index contributed by atoms with van der Waals surface area (Å²) in [7, 11) is 1.55. The van der Waals surface area contributed by atoms with Crippen LogP contribution in [0.1, 0.15) is 71.1 Å². The standard InChI is InChI=1S/C15H29NO3.2Na/c1-3-4-5-6-7-8-9-10-11-12-14(17)16(2)13-15(18)19;;/h3-13H2,1-2H3,(H,18,19);;/q;2*+1. The molecule has 0 rings (SSSR count). The van der Waals surface area contributed by atoms with Crippen LogP contribution >= 0.6 is 0 Å². The Bertz CT molecular complexity index is 263. The minimum atomic E-state index is -0.956. The smallest absolute Gasteiger partial charge is 0.480 e. The number of hydrogen-bond acceptors (Lipinski definition) is 2. The number of carbonyl (C=O) groups is 2. The van der Waals surface area contributed by atoms with Crippen molar-refractivity contribution in [3.05, 3.63) is 0 Å². The van der Waals surface area contributed by atoms with Gasteiger partial charge in [0.1, 0.15) is 6.54 Å². The number of carbonyl (C=O) groups excluding carboxylic acids is 1. The van der Waals surface area contributed by atoms with E-state index in [1.165, 1.54) is 49.8 Å². The first kappa shape index (κ1) is 26.8. The van der Waals surface area contributed by atoms with Gasteiger partial charge in [0, 0.05) is 13.5 Å². The van der Waals surface area contributed by atoms with Gasteiger partial charge in [-0.3, -0.25) is 9.59 Å². The molecule has 0 atom stereocenters. The fraction of sp³-hybridized carbons (Fsp3) is 0.867. The van der Waals surface area contributed by atoms with Gasteiger partial charge in [-0.25, -0.2) is 0 Å². The van der Waals surface area contributed by atoms with Gasteiger partial charge in [0.25, 0.3) is 0 Å². The largest absolute Gasteiger partial charge is 1.00 e. The molecule has 1 N–H and O–H groups in total. The Kier molecular flexibility index (Phi) is 24.2. The van der Waals surface area contributed by atoms with Crippen molar-refractivity contribution in [3.63, 3.8) is 0 Å². The fourth-order valence-electron chi connectivity index (χ4n) is 2.07. The molecule has 4 nitrogen and oxygen atoms in total. The second kappa shape index (κ2) is 19.0. The summed E-state index contributed by atoms with van der Waals surface area (Å²) in [5.74, 6) is -1.02. The average Bonchev–Trinajstić information content (AvgIpc) is 2.35. The van der Waals surface area contributed by atoms with E-state index in [-0.39, 0.29) is 71.6 Å². The van der Waals surface area contributed by atoms with Gasteiger partial charge in [0.15, 0.2) is 0 Å². The summed E-state index contributed by atoms with van der Waals surface area (Å²) in [6.45, 7) is 2.02. The number of aliphatic carboxylic acids is 1. The second-order valence-corrected chi connectivity index (χ2v) is 5.22. The van der Waals surface area contributed by atoms with Crippen LogP contribution in [0.2, 0.25) is 0 Å². The Balaban J connectivity index is -0.00000162. The van der Waals surface area contributed by atoms with Crippen LogP contribution in [0.15, 0.2) is 0 Å². The molecule has 0 heterocycles. The SMILES string of the molecule is CCCCCCCCCCCC(=O)N(C)CC(=O)O.[Na+].[Na+]. The zero-order chi connectivity index (χ0) is 14.5. The molecule has 0 aliphatic carbocycles. The summed E-state index contributed by atoms with van der Waals surface area (Å²) in [4.78, 5) is 23.3. The summed E-state index contributed by atoms with van der Waals surface area (Å²) < 4.78 is 0. The normalized spacial score (nSPS) is 9.43. The molecular weight excluding hydrogens is 288 g/mol. The first-order chi connectivity index (χ1) is 9.07. The molecule has 1 amide bonds. The van der Waals surface area contributed by atoms with Crippen molar-refractivity contribution in [1.29, 1.82) is 0 Å². The predicted molar refractivity (Wildman–Crippen MR) is 77.1 cm³/mol. The van der Waals surface area contributed by atoms with E-state index in [9.17, 15) is 9.59 Å². The first-order valence-electron chi connectivity index (χ1n) is 7.53. The maximum atomic E-state index is 11.5. The van der Waals surface area contributed by atoms with Gasteiger partial charge in [0.2, 0.25) is 5.91 Å². The van der Waals surface area contributed by atoms with Crippen LogP contribution < -0.4 is 59.1 Å². The minimum Gasteiger partial charge on any atom is -0.480 e. The third kappa shape index (κ3) is 18.9. The summed E-state index contributed by atoms with van der Waals surface area (Å²) in [6, 6.07) is 0. The zero-order valence-corrected chi connectivity index (χ0v) is 18.5. The topological polar surface area (TPSA) is 57.6 Å². The zero-order valence-electron chi connectivity index (χ0n) is 14.5. The number of rotatable bonds is 12. The molecule has 0 aliphatic rings. The molecule has 0 saturated carbocycles. The van der Waals surface area contributed by atoms with E-state index >= 15 is 0 Å². The second-order valence-electron chi connectivity index (χ2n) is 5.22. The van der Waals surface area contributed by atoms with E-state index in [0.717, 1.165) is 12.8 Å². The van der Waals surface area contributed by atoms with Gasteiger partial charge < -0.3 is 10.0 Å². The molecule has 6 heteroatoms. The van der Waals surface area contributed by atoms with Crippen LogP contribution in [0.4, 0.5) is 0 Å². The summed E-state index contributed by atoms with van der Waals surface area (Å²) in [5.41, 5.74) is 0. The third-order valence-corrected chi connectivity index (χ3v) is 3.29. The minimum absolute atomic E-state index is 0. The van der Waals surface area contributed by atoms with Crippen molar-refractivity contribution in [2.75, 3.05) is 13.6 Å². The molecule has 0 bridgehead atoms. The molecule has 112 valence electrons. The Morgan fingerprint density at radius 3 is 1.71 bits per heavy atom. The maximum absolute atomic E-state index is 11.5. The molecule has 0 aromatic rings. The summed E-state index contributed by atoms with van der Waals surface area (Å²) in [5, 5.41) is 8.57. The van der Waals surface area contributed by atoms with Crippen LogP contribution in [0.5, 0.6) is 0 Å². The van der Waals surface area contributed by atoms with Crippen molar-refractivity contribution >= 4 is 11.9 Å². The fourth-order valence-corrected chi connectivity index (χ4v) is 2.07. The molecular formula is C15H29NNa2O3+2. The van der Waals surface area contributed by atoms with Crippen LogP contribution in [-0.4, -0.2) is 35.5 Å². The van der Waals surface area contributed by atoms with Crippen LogP contribution in [0, 0.1) is 0 Å². The van der Waals surface area contributed by atoms with Crippen molar-refractivity contribution < 1.29 is 73.8 Å². The van der Waals surface area contributed by atoms with E-state index < -0.39 is 5.97 Å². The predicted octanol–water partition coefficient (Wildman–Crippen LogP) is -2.54. The molecule has 0 unspecified atom stereocenters. The maximum Gasteiger partial charge on any atom is 1.00 e. The van der Waals surface area contributed by atoms with Crippen molar-refractivity contribution in [2.45, 2.75) is 71.1 Å². The van der Waals surface area contributed by atoms with Crippen molar-refractivity contribution in [1.82, 2.24) is 4.90 Å². The van der Waals surface area contributed by atoms with E-state index in [2.05, 4.69) is 6.92 Å². The van der Waals surface area contributed by atoms with Crippen LogP contribution in [-0.2, 0) is 9.59 Å². The molecule has 0 aromatic heterocycles. The van der Waals surface area contributed by atoms with Crippen molar-refractivity contribution in [3.8, 4) is 0 Å². The Morgan fingerprint density at radius 1 is 0.857 bits per heavy atom. The van der Waals surface area contributed by atoms with Crippen LogP contribution in [0.3, 0.4) is 0 Å². The number of carboxylic acids is 1. The van der Waals surface area contributed by atoms with E-state index in [0.29, 0.717) is 6.42 Å². The van der Waals surface area contributed by atoms with Crippen molar-refractivity contribution in [2.24, 2.45) is 0 Å². The number of nitrogens with zero attached hydrogens (tertiary/aromatic N) is 1. The number of hydrogen-bond donors (Lipinski definition) is 1. The van der Waals surface area contributed by atoms with E-state index in [1.807, 2.05) is 0 Å². The molecule has 0 radical (unpaired) electrons. The molecule has 21 heavy (non-hydrogen) atoms. The molecule has 0 spiro atoms. The molecule has 0 fully saturated rings.